The molecule has 0 amide bonds. The number of ether oxygens (including phenoxy) is 2. The van der Waals surface area contributed by atoms with E-state index in [0.717, 1.165) is 16.9 Å². The van der Waals surface area contributed by atoms with Crippen LogP contribution < -0.4 is 14.2 Å². The van der Waals surface area contributed by atoms with Crippen LogP contribution in [-0.2, 0) is 10.0 Å². The molecular weight excluding hydrogens is 362 g/mol. The van der Waals surface area contributed by atoms with E-state index in [1.165, 1.54) is 32.4 Å². The molecule has 0 radical (unpaired) electrons. The fourth-order valence-corrected chi connectivity index (χ4v) is 4.11. The van der Waals surface area contributed by atoms with Gasteiger partial charge in [0, 0.05) is 11.6 Å². The van der Waals surface area contributed by atoms with Gasteiger partial charge in [0.15, 0.2) is 11.5 Å². The van der Waals surface area contributed by atoms with Gasteiger partial charge in [0.2, 0.25) is 5.13 Å². The van der Waals surface area contributed by atoms with Crippen molar-refractivity contribution in [1.29, 1.82) is 0 Å². The summed E-state index contributed by atoms with van der Waals surface area (Å²) in [4.78, 5) is 0.0432. The highest BCUT2D eigenvalue weighted by Gasteiger charge is 2.19. The van der Waals surface area contributed by atoms with Crippen molar-refractivity contribution in [3.8, 4) is 22.1 Å². The lowest BCUT2D eigenvalue weighted by molar-refractivity contribution is 0.354. The third-order valence-electron chi connectivity index (χ3n) is 3.33. The van der Waals surface area contributed by atoms with E-state index < -0.39 is 10.0 Å². The second-order valence-corrected chi connectivity index (χ2v) is 7.56. The molecule has 9 heteroatoms. The van der Waals surface area contributed by atoms with Crippen molar-refractivity contribution in [2.24, 2.45) is 0 Å². The number of nitrogens with zero attached hydrogens (tertiary/aromatic N) is 2. The Kier molecular flexibility index (Phi) is 4.86. The van der Waals surface area contributed by atoms with Gasteiger partial charge in [0.05, 0.1) is 19.1 Å². The number of benzene rings is 2. The van der Waals surface area contributed by atoms with Crippen LogP contribution in [-0.4, -0.2) is 32.8 Å². The number of anilines is 1. The van der Waals surface area contributed by atoms with Crippen molar-refractivity contribution in [3.05, 3.63) is 48.5 Å². The standard InChI is InChI=1S/C16H15N3O4S2/c1-22-13-9-8-12(10-14(13)23-2)25(20,21)19-16-18-17-15(24-16)11-6-4-3-5-7-11/h3-10H,1-2H3,(H,18,19). The molecule has 0 fully saturated rings. The Morgan fingerprint density at radius 1 is 0.960 bits per heavy atom. The normalized spacial score (nSPS) is 11.1. The molecule has 0 atom stereocenters. The van der Waals surface area contributed by atoms with Crippen LogP contribution in [0.2, 0.25) is 0 Å². The summed E-state index contributed by atoms with van der Waals surface area (Å²) in [7, 11) is -0.892. The average molecular weight is 377 g/mol. The van der Waals surface area contributed by atoms with Crippen LogP contribution >= 0.6 is 11.3 Å². The van der Waals surface area contributed by atoms with E-state index >= 15 is 0 Å². The summed E-state index contributed by atoms with van der Waals surface area (Å²) >= 11 is 1.16. The van der Waals surface area contributed by atoms with E-state index in [2.05, 4.69) is 14.9 Å². The first-order valence-corrected chi connectivity index (χ1v) is 9.47. The highest BCUT2D eigenvalue weighted by atomic mass is 32.2. The van der Waals surface area contributed by atoms with Crippen molar-refractivity contribution in [2.75, 3.05) is 18.9 Å². The molecule has 3 aromatic rings. The molecule has 1 heterocycles. The molecule has 0 saturated heterocycles. The van der Waals surface area contributed by atoms with Gasteiger partial charge in [-0.05, 0) is 12.1 Å². The molecule has 0 aliphatic rings. The summed E-state index contributed by atoms with van der Waals surface area (Å²) in [6, 6.07) is 13.8. The molecule has 0 aliphatic heterocycles. The Morgan fingerprint density at radius 3 is 2.36 bits per heavy atom. The molecule has 0 aliphatic carbocycles. The second-order valence-electron chi connectivity index (χ2n) is 4.90. The molecule has 25 heavy (non-hydrogen) atoms. The number of methoxy groups -OCH3 is 2. The monoisotopic (exact) mass is 377 g/mol. The maximum absolute atomic E-state index is 12.5. The highest BCUT2D eigenvalue weighted by Crippen LogP contribution is 2.31. The lowest BCUT2D eigenvalue weighted by atomic mass is 10.2. The third-order valence-corrected chi connectivity index (χ3v) is 5.69. The Morgan fingerprint density at radius 2 is 1.68 bits per heavy atom. The molecule has 0 spiro atoms. The Hall–Kier alpha value is -2.65. The minimum Gasteiger partial charge on any atom is -0.493 e. The van der Waals surface area contributed by atoms with E-state index in [9.17, 15) is 8.42 Å². The van der Waals surface area contributed by atoms with Crippen LogP contribution in [0.25, 0.3) is 10.6 Å². The van der Waals surface area contributed by atoms with Gasteiger partial charge in [-0.2, -0.15) is 0 Å². The van der Waals surface area contributed by atoms with Crippen LogP contribution in [0.1, 0.15) is 0 Å². The van der Waals surface area contributed by atoms with E-state index in [0.29, 0.717) is 16.5 Å². The SMILES string of the molecule is COc1ccc(S(=O)(=O)Nc2nnc(-c3ccccc3)s2)cc1OC. The Bertz CT molecular complexity index is 972. The zero-order valence-corrected chi connectivity index (χ0v) is 15.1. The van der Waals surface area contributed by atoms with Crippen molar-refractivity contribution in [3.63, 3.8) is 0 Å². The largest absolute Gasteiger partial charge is 0.493 e. The van der Waals surface area contributed by atoms with Crippen molar-refractivity contribution in [2.45, 2.75) is 4.90 Å². The molecule has 2 aromatic carbocycles. The number of aromatic nitrogens is 2. The van der Waals surface area contributed by atoms with Gasteiger partial charge in [-0.25, -0.2) is 8.42 Å². The molecule has 7 nitrogen and oxygen atoms in total. The van der Waals surface area contributed by atoms with Gasteiger partial charge in [-0.1, -0.05) is 41.7 Å². The molecule has 130 valence electrons. The van der Waals surface area contributed by atoms with Crippen molar-refractivity contribution in [1.82, 2.24) is 10.2 Å². The predicted octanol–water partition coefficient (Wildman–Crippen LogP) is 3.02. The lowest BCUT2D eigenvalue weighted by Crippen LogP contribution is -2.13. The predicted molar refractivity (Wildman–Crippen MR) is 95.7 cm³/mol. The summed E-state index contributed by atoms with van der Waals surface area (Å²) < 4.78 is 37.8. The fraction of sp³-hybridized carbons (Fsp3) is 0.125. The average Bonchev–Trinajstić information content (AvgIpc) is 3.09. The molecule has 1 aromatic heterocycles. The van der Waals surface area contributed by atoms with E-state index in [-0.39, 0.29) is 10.0 Å². The zero-order chi connectivity index (χ0) is 17.9. The maximum Gasteiger partial charge on any atom is 0.263 e. The molecule has 1 N–H and O–H groups in total. The van der Waals surface area contributed by atoms with E-state index in [1.54, 1.807) is 0 Å². The molecule has 0 saturated carbocycles. The molecule has 3 rings (SSSR count). The molecule has 0 unspecified atom stereocenters. The van der Waals surface area contributed by atoms with Gasteiger partial charge in [0.1, 0.15) is 5.01 Å². The van der Waals surface area contributed by atoms with Gasteiger partial charge < -0.3 is 9.47 Å². The quantitative estimate of drug-likeness (QED) is 0.710. The first-order valence-electron chi connectivity index (χ1n) is 7.17. The minimum absolute atomic E-state index is 0.0432. The van der Waals surface area contributed by atoms with E-state index in [1.807, 2.05) is 30.3 Å². The smallest absolute Gasteiger partial charge is 0.263 e. The maximum atomic E-state index is 12.5. The fourth-order valence-electron chi connectivity index (χ4n) is 2.12. The first-order chi connectivity index (χ1) is 12.0. The Balaban J connectivity index is 1.86. The van der Waals surface area contributed by atoms with E-state index in [4.69, 9.17) is 9.47 Å². The highest BCUT2D eigenvalue weighted by molar-refractivity contribution is 7.93. The number of sulfonamides is 1. The second kappa shape index (κ2) is 7.08. The summed E-state index contributed by atoms with van der Waals surface area (Å²) in [6.45, 7) is 0. The van der Waals surface area contributed by atoms with Crippen molar-refractivity contribution < 1.29 is 17.9 Å². The number of hydrogen-bond donors (Lipinski definition) is 1. The van der Waals surface area contributed by atoms with Crippen molar-refractivity contribution >= 4 is 26.5 Å². The lowest BCUT2D eigenvalue weighted by Gasteiger charge is -2.10. The number of hydrogen-bond acceptors (Lipinski definition) is 7. The molecular formula is C16H15N3O4S2. The minimum atomic E-state index is -3.82. The summed E-state index contributed by atoms with van der Waals surface area (Å²) in [5.74, 6) is 0.774. The topological polar surface area (TPSA) is 90.4 Å². The Labute approximate surface area is 149 Å². The van der Waals surface area contributed by atoms with Crippen LogP contribution in [0, 0.1) is 0 Å². The third kappa shape index (κ3) is 3.72. The molecule has 0 bridgehead atoms. The van der Waals surface area contributed by atoms with Gasteiger partial charge in [-0.15, -0.1) is 10.2 Å². The zero-order valence-electron chi connectivity index (χ0n) is 13.5. The first kappa shape index (κ1) is 17.2. The summed E-state index contributed by atoms with van der Waals surface area (Å²) in [5.41, 5.74) is 0.872. The van der Waals surface area contributed by atoms with Crippen LogP contribution in [0.5, 0.6) is 11.5 Å². The van der Waals surface area contributed by atoms with Crippen LogP contribution in [0.3, 0.4) is 0 Å². The van der Waals surface area contributed by atoms with Crippen LogP contribution in [0.4, 0.5) is 5.13 Å². The van der Waals surface area contributed by atoms with Gasteiger partial charge in [0.25, 0.3) is 10.0 Å². The summed E-state index contributed by atoms with van der Waals surface area (Å²) in [6.07, 6.45) is 0. The van der Waals surface area contributed by atoms with Gasteiger partial charge in [-0.3, -0.25) is 4.72 Å². The number of rotatable bonds is 6. The summed E-state index contributed by atoms with van der Waals surface area (Å²) in [5, 5.41) is 8.74. The number of nitrogens with one attached hydrogen (secondary N) is 1. The van der Waals surface area contributed by atoms with Crippen LogP contribution in [0.15, 0.2) is 53.4 Å². The van der Waals surface area contributed by atoms with Gasteiger partial charge >= 0.3 is 0 Å².